The van der Waals surface area contributed by atoms with Gasteiger partial charge in [0.25, 0.3) is 0 Å². The van der Waals surface area contributed by atoms with Crippen molar-refractivity contribution in [2.45, 2.75) is 50.3 Å². The van der Waals surface area contributed by atoms with E-state index in [1.165, 1.54) is 19.1 Å². The van der Waals surface area contributed by atoms with Gasteiger partial charge in [0.1, 0.15) is 23.2 Å². The zero-order valence-electron chi connectivity index (χ0n) is 21.3. The van der Waals surface area contributed by atoms with E-state index in [2.05, 4.69) is 15.4 Å². The molecule has 212 valence electrons. The minimum Gasteiger partial charge on any atom is -0.428 e. The molecule has 3 aromatic rings. The fourth-order valence-corrected chi connectivity index (χ4v) is 4.75. The molecule has 0 radical (unpaired) electrons. The van der Waals surface area contributed by atoms with E-state index in [-0.39, 0.29) is 35.3 Å². The summed E-state index contributed by atoms with van der Waals surface area (Å²) in [7, 11) is 0. The van der Waals surface area contributed by atoms with Crippen LogP contribution in [-0.4, -0.2) is 30.4 Å². The van der Waals surface area contributed by atoms with Gasteiger partial charge in [0, 0.05) is 24.4 Å². The lowest BCUT2D eigenvalue weighted by Crippen LogP contribution is -2.56. The largest absolute Gasteiger partial charge is 0.461 e. The van der Waals surface area contributed by atoms with Crippen LogP contribution in [0.2, 0.25) is 0 Å². The molecule has 40 heavy (non-hydrogen) atoms. The SMILES string of the molecule is CC(=O)[C@H]1C[C@H](NC(=O)N[C@](Cc2ccccc2)(c2ccc(F)cc2)c2cc(F)cc(OC(F)(F)C(F)F)c2)C1. The van der Waals surface area contributed by atoms with Gasteiger partial charge in [0.05, 0.1) is 5.54 Å². The molecule has 2 N–H and O–H groups in total. The van der Waals surface area contributed by atoms with Crippen LogP contribution in [0.4, 0.5) is 31.1 Å². The summed E-state index contributed by atoms with van der Waals surface area (Å²) in [4.78, 5) is 24.9. The van der Waals surface area contributed by atoms with Gasteiger partial charge in [-0.15, -0.1) is 0 Å². The molecule has 2 amide bonds. The molecule has 0 heterocycles. The molecule has 1 aliphatic carbocycles. The first-order valence-corrected chi connectivity index (χ1v) is 12.4. The zero-order valence-corrected chi connectivity index (χ0v) is 21.3. The summed E-state index contributed by atoms with van der Waals surface area (Å²) in [5, 5.41) is 5.55. The average Bonchev–Trinajstić information content (AvgIpc) is 2.85. The molecule has 4 rings (SSSR count). The molecular weight excluding hydrogens is 538 g/mol. The summed E-state index contributed by atoms with van der Waals surface area (Å²) in [6.07, 6.45) is -8.32. The van der Waals surface area contributed by atoms with Crippen LogP contribution in [-0.2, 0) is 16.8 Å². The number of hydrogen-bond acceptors (Lipinski definition) is 3. The molecule has 1 saturated carbocycles. The predicted molar refractivity (Wildman–Crippen MR) is 134 cm³/mol. The number of halogens is 6. The third-order valence-electron chi connectivity index (χ3n) is 6.90. The highest BCUT2D eigenvalue weighted by molar-refractivity contribution is 5.81. The first-order valence-electron chi connectivity index (χ1n) is 12.4. The third kappa shape index (κ3) is 6.57. The van der Waals surface area contributed by atoms with Crippen LogP contribution in [0.15, 0.2) is 72.8 Å². The number of Topliss-reactive ketones (excluding diaryl/α,β-unsaturated/α-hetero) is 1. The second-order valence-corrected chi connectivity index (χ2v) is 9.79. The highest BCUT2D eigenvalue weighted by atomic mass is 19.3. The minimum atomic E-state index is -4.91. The maximum atomic E-state index is 14.9. The van der Waals surface area contributed by atoms with Crippen LogP contribution in [0, 0.1) is 17.6 Å². The van der Waals surface area contributed by atoms with E-state index in [1.807, 2.05) is 0 Å². The molecule has 0 unspecified atom stereocenters. The molecule has 0 aromatic heterocycles. The quantitative estimate of drug-likeness (QED) is 0.282. The van der Waals surface area contributed by atoms with Gasteiger partial charge in [0.15, 0.2) is 0 Å². The lowest BCUT2D eigenvalue weighted by atomic mass is 9.77. The predicted octanol–water partition coefficient (Wildman–Crippen LogP) is 6.35. The monoisotopic (exact) mass is 564 g/mol. The lowest BCUT2D eigenvalue weighted by molar-refractivity contribution is -0.253. The Morgan fingerprint density at radius 2 is 1.57 bits per heavy atom. The number of ketones is 1. The van der Waals surface area contributed by atoms with Crippen molar-refractivity contribution < 1.29 is 40.7 Å². The Labute approximate surface area is 226 Å². The topological polar surface area (TPSA) is 67.4 Å². The Kier molecular flexibility index (Phi) is 8.41. The summed E-state index contributed by atoms with van der Waals surface area (Å²) >= 11 is 0. The summed E-state index contributed by atoms with van der Waals surface area (Å²) in [5.74, 6) is -2.79. The van der Waals surface area contributed by atoms with Gasteiger partial charge in [-0.25, -0.2) is 13.6 Å². The Bertz CT molecular complexity index is 1350. The molecule has 0 saturated heterocycles. The summed E-state index contributed by atoms with van der Waals surface area (Å²) in [6, 6.07) is 14.8. The number of benzene rings is 3. The third-order valence-corrected chi connectivity index (χ3v) is 6.90. The molecule has 1 fully saturated rings. The van der Waals surface area contributed by atoms with Crippen molar-refractivity contribution in [3.63, 3.8) is 0 Å². The van der Waals surface area contributed by atoms with Crippen LogP contribution in [0.3, 0.4) is 0 Å². The van der Waals surface area contributed by atoms with E-state index in [1.54, 1.807) is 30.3 Å². The number of hydrogen-bond donors (Lipinski definition) is 2. The van der Waals surface area contributed by atoms with Crippen LogP contribution < -0.4 is 15.4 Å². The normalized spacial score (nSPS) is 18.4. The number of amides is 2. The molecule has 3 aromatic carbocycles. The highest BCUT2D eigenvalue weighted by Gasteiger charge is 2.45. The summed E-state index contributed by atoms with van der Waals surface area (Å²) in [6.45, 7) is 1.46. The summed E-state index contributed by atoms with van der Waals surface area (Å²) < 4.78 is 86.1. The van der Waals surface area contributed by atoms with Gasteiger partial charge in [-0.2, -0.15) is 17.6 Å². The second-order valence-electron chi connectivity index (χ2n) is 9.79. The molecule has 0 bridgehead atoms. The van der Waals surface area contributed by atoms with Gasteiger partial charge < -0.3 is 15.4 Å². The fourth-order valence-electron chi connectivity index (χ4n) is 4.75. The van der Waals surface area contributed by atoms with E-state index < -0.39 is 41.5 Å². The van der Waals surface area contributed by atoms with Crippen LogP contribution in [0.5, 0.6) is 5.75 Å². The Morgan fingerprint density at radius 3 is 2.17 bits per heavy atom. The molecule has 5 nitrogen and oxygen atoms in total. The number of carbonyl (C=O) groups excluding carboxylic acids is 2. The molecule has 0 spiro atoms. The zero-order chi connectivity index (χ0) is 29.1. The van der Waals surface area contributed by atoms with Crippen molar-refractivity contribution in [2.75, 3.05) is 0 Å². The number of urea groups is 1. The van der Waals surface area contributed by atoms with Crippen molar-refractivity contribution >= 4 is 11.8 Å². The smallest absolute Gasteiger partial charge is 0.428 e. The molecule has 1 atom stereocenters. The molecular formula is C29H26F6N2O3. The number of nitrogens with one attached hydrogen (secondary N) is 2. The van der Waals surface area contributed by atoms with Crippen molar-refractivity contribution in [3.05, 3.63) is 101 Å². The minimum absolute atomic E-state index is 0.00363. The van der Waals surface area contributed by atoms with Gasteiger partial charge in [0.2, 0.25) is 0 Å². The Hall–Kier alpha value is -4.02. The molecule has 11 heteroatoms. The standard InChI is InChI=1S/C29H26F6N2O3/c1-17(38)19-11-24(12-19)36-27(39)37-28(16-18-5-3-2-4-6-18,20-7-9-22(30)10-8-20)21-13-23(31)15-25(14-21)40-29(34,35)26(32)33/h2-10,13-15,19,24,26H,11-12,16H2,1H3,(H2,36,37,39)/t19-,24-,28-/m1/s1. The van der Waals surface area contributed by atoms with Crippen molar-refractivity contribution in [1.29, 1.82) is 0 Å². The van der Waals surface area contributed by atoms with Gasteiger partial charge in [-0.1, -0.05) is 42.5 Å². The number of rotatable bonds is 10. The van der Waals surface area contributed by atoms with Gasteiger partial charge in [-0.3, -0.25) is 4.79 Å². The number of carbonyl (C=O) groups is 2. The highest BCUT2D eigenvalue weighted by Crippen LogP contribution is 2.38. The van der Waals surface area contributed by atoms with Gasteiger partial charge in [-0.05, 0) is 60.7 Å². The van der Waals surface area contributed by atoms with Crippen molar-refractivity contribution in [2.24, 2.45) is 5.92 Å². The van der Waals surface area contributed by atoms with E-state index in [0.29, 0.717) is 24.5 Å². The van der Waals surface area contributed by atoms with E-state index >= 15 is 0 Å². The molecule has 0 aliphatic heterocycles. The van der Waals surface area contributed by atoms with Crippen LogP contribution >= 0.6 is 0 Å². The van der Waals surface area contributed by atoms with Gasteiger partial charge >= 0.3 is 18.6 Å². The number of alkyl halides is 4. The summed E-state index contributed by atoms with van der Waals surface area (Å²) in [5.41, 5.74) is -0.950. The van der Waals surface area contributed by atoms with Crippen molar-refractivity contribution in [1.82, 2.24) is 10.6 Å². The first-order chi connectivity index (χ1) is 18.9. The molecule has 1 aliphatic rings. The first kappa shape index (κ1) is 29.0. The van der Waals surface area contributed by atoms with E-state index in [4.69, 9.17) is 0 Å². The van der Waals surface area contributed by atoms with Crippen LogP contribution in [0.1, 0.15) is 36.5 Å². The maximum absolute atomic E-state index is 14.9. The van der Waals surface area contributed by atoms with E-state index in [0.717, 1.165) is 24.3 Å². The Morgan fingerprint density at radius 1 is 0.925 bits per heavy atom. The average molecular weight is 565 g/mol. The number of ether oxygens (including phenoxy) is 1. The fraction of sp³-hybridized carbons (Fsp3) is 0.310. The second kappa shape index (κ2) is 11.6. The lowest BCUT2D eigenvalue weighted by Gasteiger charge is -2.39. The maximum Gasteiger partial charge on any atom is 0.461 e. The Balaban J connectivity index is 1.81. The van der Waals surface area contributed by atoms with Crippen LogP contribution in [0.25, 0.3) is 0 Å². The van der Waals surface area contributed by atoms with Crippen molar-refractivity contribution in [3.8, 4) is 5.75 Å². The van der Waals surface area contributed by atoms with E-state index in [9.17, 15) is 35.9 Å².